The van der Waals surface area contributed by atoms with Crippen LogP contribution in [0.4, 0.5) is 4.39 Å². The van der Waals surface area contributed by atoms with Gasteiger partial charge >= 0.3 is 5.97 Å². The van der Waals surface area contributed by atoms with E-state index in [4.69, 9.17) is 9.84 Å². The molecule has 0 radical (unpaired) electrons. The molecule has 1 aliphatic carbocycles. The number of carboxylic acids is 1. The standard InChI is InChI=1S/C27H30FN5O4/c1-16-12-21(23(28)14-19(16)4-7-25-30-32-33(31-25)15-26(34)35)22(13-17-8-10-37-11-9-17)24-6-5-20(18-2-3-18)27(36)29-24/h5-6,12-14,17-18H,2-4,7-11,15H2,1H3,(H,29,36)(H,34,35)/b22-13+. The Bertz CT molecular complexity index is 1390. The molecule has 0 bridgehead atoms. The van der Waals surface area contributed by atoms with Crippen LogP contribution in [-0.2, 0) is 28.9 Å². The van der Waals surface area contributed by atoms with Crippen molar-refractivity contribution in [3.63, 3.8) is 0 Å². The molecule has 194 valence electrons. The lowest BCUT2D eigenvalue weighted by atomic mass is 9.90. The van der Waals surface area contributed by atoms with Crippen LogP contribution in [0, 0.1) is 18.7 Å². The minimum atomic E-state index is -1.05. The van der Waals surface area contributed by atoms with E-state index >= 15 is 4.39 Å². The van der Waals surface area contributed by atoms with Crippen molar-refractivity contribution in [1.29, 1.82) is 0 Å². The molecule has 3 heterocycles. The molecule has 2 aliphatic rings. The predicted octanol–water partition coefficient (Wildman–Crippen LogP) is 3.41. The van der Waals surface area contributed by atoms with Gasteiger partial charge in [0.2, 0.25) is 0 Å². The summed E-state index contributed by atoms with van der Waals surface area (Å²) in [6, 6.07) is 7.14. The van der Waals surface area contributed by atoms with Gasteiger partial charge < -0.3 is 14.8 Å². The maximum Gasteiger partial charge on any atom is 0.327 e. The number of ether oxygens (including phenoxy) is 1. The third kappa shape index (κ3) is 6.02. The van der Waals surface area contributed by atoms with Crippen LogP contribution >= 0.6 is 0 Å². The SMILES string of the molecule is Cc1cc(/C(=C\C2CCOCC2)c2ccc(C3CC3)c(=O)[nH]2)c(F)cc1CCc1nnn(CC(=O)O)n1. The van der Waals surface area contributed by atoms with E-state index in [0.717, 1.165) is 47.2 Å². The summed E-state index contributed by atoms with van der Waals surface area (Å²) >= 11 is 0. The minimum Gasteiger partial charge on any atom is -0.480 e. The molecule has 37 heavy (non-hydrogen) atoms. The van der Waals surface area contributed by atoms with Gasteiger partial charge in [0.05, 0.1) is 0 Å². The summed E-state index contributed by atoms with van der Waals surface area (Å²) in [4.78, 5) is 27.7. The second-order valence-corrected chi connectivity index (χ2v) is 9.85. The molecule has 5 rings (SSSR count). The van der Waals surface area contributed by atoms with Crippen molar-refractivity contribution in [1.82, 2.24) is 25.2 Å². The largest absolute Gasteiger partial charge is 0.480 e. The van der Waals surface area contributed by atoms with Gasteiger partial charge in [0, 0.05) is 42.0 Å². The topological polar surface area (TPSA) is 123 Å². The average molecular weight is 508 g/mol. The van der Waals surface area contributed by atoms with E-state index in [1.807, 2.05) is 25.1 Å². The van der Waals surface area contributed by atoms with Gasteiger partial charge in [-0.25, -0.2) is 4.39 Å². The molecule has 1 aromatic carbocycles. The molecule has 0 atom stereocenters. The Hall–Kier alpha value is -3.66. The lowest BCUT2D eigenvalue weighted by Gasteiger charge is -2.21. The quantitative estimate of drug-likeness (QED) is 0.455. The Morgan fingerprint density at radius 2 is 2.00 bits per heavy atom. The van der Waals surface area contributed by atoms with Crippen molar-refractivity contribution >= 4 is 11.5 Å². The van der Waals surface area contributed by atoms with E-state index < -0.39 is 5.97 Å². The number of aromatic amines is 1. The van der Waals surface area contributed by atoms with Gasteiger partial charge in [-0.2, -0.15) is 4.80 Å². The summed E-state index contributed by atoms with van der Waals surface area (Å²) in [7, 11) is 0. The van der Waals surface area contributed by atoms with Gasteiger partial charge in [-0.3, -0.25) is 9.59 Å². The zero-order chi connectivity index (χ0) is 25.9. The van der Waals surface area contributed by atoms with Crippen LogP contribution in [0.1, 0.15) is 65.4 Å². The van der Waals surface area contributed by atoms with Crippen LogP contribution in [-0.4, -0.2) is 49.5 Å². The number of H-pyrrole nitrogens is 1. The van der Waals surface area contributed by atoms with Crippen molar-refractivity contribution in [2.75, 3.05) is 13.2 Å². The van der Waals surface area contributed by atoms with Gasteiger partial charge in [-0.15, -0.1) is 10.2 Å². The average Bonchev–Trinajstić information content (AvgIpc) is 3.62. The number of pyridine rings is 1. The fraction of sp³-hybridized carbons (Fsp3) is 0.444. The molecular formula is C27H30FN5O4. The number of hydrogen-bond donors (Lipinski definition) is 2. The Labute approximate surface area is 213 Å². The number of aryl methyl sites for hydroxylation is 3. The summed E-state index contributed by atoms with van der Waals surface area (Å²) in [5, 5.41) is 20.6. The van der Waals surface area contributed by atoms with Crippen molar-refractivity contribution in [3.05, 3.63) is 80.3 Å². The number of nitrogens with zero attached hydrogens (tertiary/aromatic N) is 4. The summed E-state index contributed by atoms with van der Waals surface area (Å²) in [5.74, 6) is -0.453. The molecule has 10 heteroatoms. The van der Waals surface area contributed by atoms with Crippen LogP contribution in [0.5, 0.6) is 0 Å². The maximum atomic E-state index is 15.6. The molecule has 2 fully saturated rings. The molecule has 1 saturated carbocycles. The highest BCUT2D eigenvalue weighted by atomic mass is 19.1. The lowest BCUT2D eigenvalue weighted by molar-refractivity contribution is -0.138. The zero-order valence-electron chi connectivity index (χ0n) is 20.7. The second kappa shape index (κ2) is 10.8. The van der Waals surface area contributed by atoms with Crippen molar-refractivity contribution in [3.8, 4) is 0 Å². The van der Waals surface area contributed by atoms with Crippen molar-refractivity contribution < 1.29 is 19.0 Å². The van der Waals surface area contributed by atoms with Crippen molar-refractivity contribution in [2.24, 2.45) is 5.92 Å². The van der Waals surface area contributed by atoms with Crippen molar-refractivity contribution in [2.45, 2.75) is 57.9 Å². The number of carboxylic acid groups (broad SMARTS) is 1. The summed E-state index contributed by atoms with van der Waals surface area (Å²) < 4.78 is 21.1. The van der Waals surface area contributed by atoms with Crippen LogP contribution in [0.2, 0.25) is 0 Å². The van der Waals surface area contributed by atoms with Gasteiger partial charge in [0.15, 0.2) is 12.4 Å². The highest BCUT2D eigenvalue weighted by Gasteiger charge is 2.27. The van der Waals surface area contributed by atoms with E-state index in [-0.39, 0.29) is 23.8 Å². The first kappa shape index (κ1) is 25.0. The fourth-order valence-electron chi connectivity index (χ4n) is 4.81. The Kier molecular flexibility index (Phi) is 7.27. The minimum absolute atomic E-state index is 0.102. The Morgan fingerprint density at radius 1 is 1.22 bits per heavy atom. The first-order valence-corrected chi connectivity index (χ1v) is 12.7. The molecule has 2 aromatic heterocycles. The number of hydrogen-bond acceptors (Lipinski definition) is 6. The summed E-state index contributed by atoms with van der Waals surface area (Å²) in [6.45, 7) is 2.90. The van der Waals surface area contributed by atoms with Crippen LogP contribution in [0.3, 0.4) is 0 Å². The van der Waals surface area contributed by atoms with Crippen LogP contribution < -0.4 is 5.56 Å². The number of aromatic nitrogens is 5. The second-order valence-electron chi connectivity index (χ2n) is 9.85. The number of allylic oxidation sites excluding steroid dienone is 1. The Balaban J connectivity index is 1.43. The normalized spacial score (nSPS) is 16.8. The third-order valence-electron chi connectivity index (χ3n) is 7.02. The fourth-order valence-corrected chi connectivity index (χ4v) is 4.81. The van der Waals surface area contributed by atoms with E-state index in [0.29, 0.717) is 54.6 Å². The van der Waals surface area contributed by atoms with Crippen LogP contribution in [0.25, 0.3) is 5.57 Å². The number of nitrogens with one attached hydrogen (secondary N) is 1. The molecule has 1 saturated heterocycles. The molecule has 0 unspecified atom stereocenters. The smallest absolute Gasteiger partial charge is 0.327 e. The predicted molar refractivity (Wildman–Crippen MR) is 134 cm³/mol. The first-order valence-electron chi connectivity index (χ1n) is 12.7. The monoisotopic (exact) mass is 507 g/mol. The van der Waals surface area contributed by atoms with E-state index in [2.05, 4.69) is 26.5 Å². The molecule has 0 spiro atoms. The van der Waals surface area contributed by atoms with Gasteiger partial charge in [-0.05, 0) is 85.4 Å². The Morgan fingerprint density at radius 3 is 2.70 bits per heavy atom. The number of tetrazole rings is 1. The first-order chi connectivity index (χ1) is 17.9. The number of aliphatic carboxylic acids is 1. The lowest BCUT2D eigenvalue weighted by Crippen LogP contribution is -2.16. The number of halogens is 1. The molecule has 1 aliphatic heterocycles. The van der Waals surface area contributed by atoms with E-state index in [9.17, 15) is 9.59 Å². The van der Waals surface area contributed by atoms with Crippen LogP contribution in [0.15, 0.2) is 35.1 Å². The maximum absolute atomic E-state index is 15.6. The molecular weight excluding hydrogens is 477 g/mol. The van der Waals surface area contributed by atoms with E-state index in [1.54, 1.807) is 0 Å². The summed E-state index contributed by atoms with van der Waals surface area (Å²) in [5.41, 5.74) is 4.17. The molecule has 2 N–H and O–H groups in total. The zero-order valence-corrected chi connectivity index (χ0v) is 20.7. The van der Waals surface area contributed by atoms with Gasteiger partial charge in [0.1, 0.15) is 5.82 Å². The number of carbonyl (C=O) groups is 1. The molecule has 3 aromatic rings. The van der Waals surface area contributed by atoms with Gasteiger partial charge in [-0.1, -0.05) is 12.1 Å². The van der Waals surface area contributed by atoms with Gasteiger partial charge in [0.25, 0.3) is 5.56 Å². The third-order valence-corrected chi connectivity index (χ3v) is 7.02. The molecule has 0 amide bonds. The summed E-state index contributed by atoms with van der Waals surface area (Å²) in [6.07, 6.45) is 6.73. The molecule has 9 nitrogen and oxygen atoms in total. The van der Waals surface area contributed by atoms with E-state index in [1.165, 1.54) is 6.07 Å². The highest BCUT2D eigenvalue weighted by Crippen LogP contribution is 2.38. The number of benzene rings is 1. The number of rotatable bonds is 9. The highest BCUT2D eigenvalue weighted by molar-refractivity contribution is 5.79.